The summed E-state index contributed by atoms with van der Waals surface area (Å²) in [6.45, 7) is 34.6. The Bertz CT molecular complexity index is 3590. The van der Waals surface area contributed by atoms with Crippen molar-refractivity contribution >= 4 is 79.2 Å². The number of benzene rings is 8. The molecule has 9 aromatic rings. The first kappa shape index (κ1) is 47.5. The number of anilines is 6. The highest BCUT2D eigenvalue weighted by Crippen LogP contribution is 2.50. The predicted octanol–water partition coefficient (Wildman–Crippen LogP) is 17.5. The van der Waals surface area contributed by atoms with Gasteiger partial charge in [0.05, 0.1) is 5.69 Å². The van der Waals surface area contributed by atoms with E-state index in [1.807, 2.05) is 0 Å². The zero-order chi connectivity index (χ0) is 51.0. The quantitative estimate of drug-likeness (QED) is 0.164. The topological polar surface area (TPSA) is 19.6 Å². The SMILES string of the molecule is CC(C)(C)c1ccc(-c2cc3c4c(c2)N(c2ccccc2-c2cccc5c2oc2c(C(C)(C)C)cccc25)c2ccc(C(C)(C)C)cc2B4c2cc(C(C)(C)C)ccc2N3c2ccc(C(C)(C)C)cc2)cc1. The van der Waals surface area contributed by atoms with Crippen molar-refractivity contribution in [3.8, 4) is 22.3 Å². The van der Waals surface area contributed by atoms with Crippen LogP contribution in [0, 0.1) is 0 Å². The molecule has 362 valence electrons. The van der Waals surface area contributed by atoms with Crippen LogP contribution in [-0.2, 0) is 27.1 Å². The number of furan rings is 1. The van der Waals surface area contributed by atoms with Gasteiger partial charge in [0.25, 0.3) is 6.71 Å². The van der Waals surface area contributed by atoms with Gasteiger partial charge in [-0.25, -0.2) is 0 Å². The van der Waals surface area contributed by atoms with E-state index in [9.17, 15) is 0 Å². The second-order valence-corrected chi connectivity index (χ2v) is 25.9. The zero-order valence-electron chi connectivity index (χ0n) is 45.4. The molecule has 0 amide bonds. The van der Waals surface area contributed by atoms with Crippen LogP contribution in [0.3, 0.4) is 0 Å². The highest BCUT2D eigenvalue weighted by Gasteiger charge is 2.45. The highest BCUT2D eigenvalue weighted by molar-refractivity contribution is 7.00. The van der Waals surface area contributed by atoms with E-state index in [2.05, 4.69) is 271 Å². The lowest BCUT2D eigenvalue weighted by Crippen LogP contribution is -2.61. The molecule has 0 bridgehead atoms. The summed E-state index contributed by atoms with van der Waals surface area (Å²) in [5.41, 5.74) is 23.9. The second kappa shape index (κ2) is 16.4. The van der Waals surface area contributed by atoms with Crippen LogP contribution in [0.25, 0.3) is 44.2 Å². The molecule has 0 saturated carbocycles. The first-order chi connectivity index (χ1) is 33.9. The van der Waals surface area contributed by atoms with Crippen LogP contribution in [0.15, 0.2) is 162 Å². The van der Waals surface area contributed by atoms with E-state index >= 15 is 0 Å². The molecule has 11 rings (SSSR count). The van der Waals surface area contributed by atoms with Crippen molar-refractivity contribution in [1.29, 1.82) is 0 Å². The largest absolute Gasteiger partial charge is 0.455 e. The minimum Gasteiger partial charge on any atom is -0.455 e. The van der Waals surface area contributed by atoms with Gasteiger partial charge in [0.1, 0.15) is 11.2 Å². The fourth-order valence-electron chi connectivity index (χ4n) is 11.4. The van der Waals surface area contributed by atoms with Crippen molar-refractivity contribution in [2.75, 3.05) is 9.80 Å². The minimum absolute atomic E-state index is 0.0211. The fraction of sp³-hybridized carbons (Fsp3) is 0.294. The Morgan fingerprint density at radius 1 is 0.347 bits per heavy atom. The number of hydrogen-bond acceptors (Lipinski definition) is 3. The maximum absolute atomic E-state index is 7.15. The standard InChI is InChI=1S/C68H71BN2O/c1-64(2,3)44-28-26-42(27-29-44)43-38-59-61-60(39-43)71(56-25-17-16-20-49(56)50-21-18-22-51-52-23-19-24-53(68(13,14)15)63(52)72-62(50)51)58-37-33-47(67(10,11)12)41-55(58)69(61)54-40-46(66(7,8)9)32-36-57(54)70(59)48-34-30-45(31-35-48)65(4,5)6/h16-41H,1-15H3. The van der Waals surface area contributed by atoms with Crippen LogP contribution < -0.4 is 26.2 Å². The summed E-state index contributed by atoms with van der Waals surface area (Å²) < 4.78 is 7.15. The van der Waals surface area contributed by atoms with Crippen LogP contribution >= 0.6 is 0 Å². The van der Waals surface area contributed by atoms with Crippen molar-refractivity contribution in [2.45, 2.75) is 131 Å². The molecule has 0 radical (unpaired) electrons. The van der Waals surface area contributed by atoms with Gasteiger partial charge < -0.3 is 14.2 Å². The monoisotopic (exact) mass is 943 g/mol. The highest BCUT2D eigenvalue weighted by atomic mass is 16.3. The summed E-state index contributed by atoms with van der Waals surface area (Å²) in [5, 5.41) is 2.29. The third-order valence-electron chi connectivity index (χ3n) is 15.6. The van der Waals surface area contributed by atoms with Gasteiger partial charge >= 0.3 is 0 Å². The Labute approximate surface area is 430 Å². The third kappa shape index (κ3) is 7.88. The third-order valence-corrected chi connectivity index (χ3v) is 15.6. The lowest BCUT2D eigenvalue weighted by atomic mass is 9.33. The number of nitrogens with zero attached hydrogens (tertiary/aromatic N) is 2. The Morgan fingerprint density at radius 2 is 0.819 bits per heavy atom. The minimum atomic E-state index is -0.0859. The van der Waals surface area contributed by atoms with E-state index < -0.39 is 0 Å². The first-order valence-electron chi connectivity index (χ1n) is 26.2. The van der Waals surface area contributed by atoms with Crippen LogP contribution in [0.1, 0.15) is 132 Å². The smallest absolute Gasteiger partial charge is 0.252 e. The number of fused-ring (bicyclic) bond motifs is 7. The van der Waals surface area contributed by atoms with E-state index in [4.69, 9.17) is 4.42 Å². The number of para-hydroxylation sites is 3. The molecule has 2 aliphatic rings. The molecule has 0 aliphatic carbocycles. The van der Waals surface area contributed by atoms with E-state index in [0.29, 0.717) is 0 Å². The van der Waals surface area contributed by atoms with Gasteiger partial charge in [-0.1, -0.05) is 219 Å². The molecule has 0 spiro atoms. The van der Waals surface area contributed by atoms with Crippen LogP contribution in [-0.4, -0.2) is 6.71 Å². The Balaban J connectivity index is 1.26. The summed E-state index contributed by atoms with van der Waals surface area (Å²) in [6.07, 6.45) is 0. The summed E-state index contributed by atoms with van der Waals surface area (Å²) in [6, 6.07) is 60.7. The maximum Gasteiger partial charge on any atom is 0.252 e. The van der Waals surface area contributed by atoms with Crippen LogP contribution in [0.2, 0.25) is 0 Å². The van der Waals surface area contributed by atoms with Crippen LogP contribution in [0.5, 0.6) is 0 Å². The maximum atomic E-state index is 7.15. The van der Waals surface area contributed by atoms with E-state index in [-0.39, 0.29) is 33.8 Å². The summed E-state index contributed by atoms with van der Waals surface area (Å²) in [7, 11) is 0. The average molecular weight is 943 g/mol. The molecular weight excluding hydrogens is 872 g/mol. The first-order valence-corrected chi connectivity index (χ1v) is 26.2. The summed E-state index contributed by atoms with van der Waals surface area (Å²) >= 11 is 0. The summed E-state index contributed by atoms with van der Waals surface area (Å²) in [5.74, 6) is 0. The van der Waals surface area contributed by atoms with Gasteiger partial charge in [0.2, 0.25) is 0 Å². The van der Waals surface area contributed by atoms with Gasteiger partial charge in [-0.2, -0.15) is 0 Å². The number of hydrogen-bond donors (Lipinski definition) is 0. The molecule has 3 nitrogen and oxygen atoms in total. The average Bonchev–Trinajstić information content (AvgIpc) is 3.71. The van der Waals surface area contributed by atoms with E-state index in [1.165, 1.54) is 78.1 Å². The van der Waals surface area contributed by atoms with E-state index in [0.717, 1.165) is 44.4 Å². The fourth-order valence-corrected chi connectivity index (χ4v) is 11.4. The van der Waals surface area contributed by atoms with Gasteiger partial charge in [0, 0.05) is 55.9 Å². The lowest BCUT2D eigenvalue weighted by molar-refractivity contribution is 0.573. The lowest BCUT2D eigenvalue weighted by Gasteiger charge is -2.45. The van der Waals surface area contributed by atoms with Crippen molar-refractivity contribution < 1.29 is 4.42 Å². The normalized spacial score (nSPS) is 14.0. The second-order valence-electron chi connectivity index (χ2n) is 25.9. The van der Waals surface area contributed by atoms with Gasteiger partial charge in [-0.3, -0.25) is 0 Å². The molecule has 0 N–H and O–H groups in total. The Hall–Kier alpha value is -6.78. The molecule has 0 saturated heterocycles. The molecule has 8 aromatic carbocycles. The van der Waals surface area contributed by atoms with E-state index in [1.54, 1.807) is 0 Å². The molecule has 0 atom stereocenters. The predicted molar refractivity (Wildman–Crippen MR) is 312 cm³/mol. The van der Waals surface area contributed by atoms with Crippen molar-refractivity contribution in [2.24, 2.45) is 0 Å². The molecule has 3 heterocycles. The van der Waals surface area contributed by atoms with Gasteiger partial charge in [-0.15, -0.1) is 0 Å². The number of rotatable bonds is 4. The summed E-state index contributed by atoms with van der Waals surface area (Å²) in [4.78, 5) is 5.17. The Morgan fingerprint density at radius 3 is 1.38 bits per heavy atom. The zero-order valence-corrected chi connectivity index (χ0v) is 45.4. The molecule has 1 aromatic heterocycles. The molecule has 2 aliphatic heterocycles. The molecule has 0 fully saturated rings. The molecular formula is C68H71BN2O. The van der Waals surface area contributed by atoms with Crippen molar-refractivity contribution in [3.05, 3.63) is 186 Å². The Kier molecular flexibility index (Phi) is 10.8. The molecule has 0 unspecified atom stereocenters. The van der Waals surface area contributed by atoms with Gasteiger partial charge in [-0.05, 0) is 119 Å². The van der Waals surface area contributed by atoms with Gasteiger partial charge in [0.15, 0.2) is 0 Å². The van der Waals surface area contributed by atoms with Crippen molar-refractivity contribution in [3.63, 3.8) is 0 Å². The molecule has 4 heteroatoms. The molecule has 72 heavy (non-hydrogen) atoms. The van der Waals surface area contributed by atoms with Crippen molar-refractivity contribution in [1.82, 2.24) is 0 Å². The van der Waals surface area contributed by atoms with Crippen LogP contribution in [0.4, 0.5) is 34.1 Å².